The zero-order valence-electron chi connectivity index (χ0n) is 11.2. The minimum Gasteiger partial charge on any atom is -0.444 e. The molecule has 2 bridgehead atoms. The van der Waals surface area contributed by atoms with Crippen molar-refractivity contribution in [2.45, 2.75) is 57.7 Å². The van der Waals surface area contributed by atoms with Crippen LogP contribution >= 0.6 is 0 Å². The lowest BCUT2D eigenvalue weighted by Gasteiger charge is -2.36. The maximum absolute atomic E-state index is 12.2. The van der Waals surface area contributed by atoms with Gasteiger partial charge in [0.15, 0.2) is 0 Å². The summed E-state index contributed by atoms with van der Waals surface area (Å²) in [5.41, 5.74) is -0.535. The molecule has 1 amide bonds. The van der Waals surface area contributed by atoms with Crippen LogP contribution in [0.4, 0.5) is 4.79 Å². The summed E-state index contributed by atoms with van der Waals surface area (Å²) >= 11 is 0. The third-order valence-corrected chi connectivity index (χ3v) is 3.61. The number of ketones is 1. The summed E-state index contributed by atoms with van der Waals surface area (Å²) < 4.78 is 5.38. The SMILES string of the molecule is CC(C)(C)OC(=O)N1C2CC(=O)CC1C(CO)C2. The van der Waals surface area contributed by atoms with Crippen molar-refractivity contribution in [3.05, 3.63) is 0 Å². The van der Waals surface area contributed by atoms with Crippen molar-refractivity contribution in [1.82, 2.24) is 4.90 Å². The van der Waals surface area contributed by atoms with Gasteiger partial charge in [-0.15, -0.1) is 0 Å². The summed E-state index contributed by atoms with van der Waals surface area (Å²) in [6.07, 6.45) is 1.08. The number of carbonyl (C=O) groups excluding carboxylic acids is 2. The number of rotatable bonds is 1. The lowest BCUT2D eigenvalue weighted by Crippen LogP contribution is -2.49. The Morgan fingerprint density at radius 3 is 2.67 bits per heavy atom. The summed E-state index contributed by atoms with van der Waals surface area (Å²) in [5, 5.41) is 9.34. The van der Waals surface area contributed by atoms with E-state index in [2.05, 4.69) is 0 Å². The molecular weight excluding hydrogens is 234 g/mol. The fraction of sp³-hybridized carbons (Fsp3) is 0.846. The van der Waals surface area contributed by atoms with Crippen molar-refractivity contribution in [1.29, 1.82) is 0 Å². The molecule has 3 atom stereocenters. The minimum atomic E-state index is -0.535. The Morgan fingerprint density at radius 1 is 1.44 bits per heavy atom. The summed E-state index contributed by atoms with van der Waals surface area (Å²) in [7, 11) is 0. The fourth-order valence-electron chi connectivity index (χ4n) is 2.94. The van der Waals surface area contributed by atoms with Crippen molar-refractivity contribution < 1.29 is 19.4 Å². The van der Waals surface area contributed by atoms with Crippen LogP contribution in [0.5, 0.6) is 0 Å². The molecule has 2 aliphatic rings. The highest BCUT2D eigenvalue weighted by molar-refractivity contribution is 5.83. The minimum absolute atomic E-state index is 0.00830. The maximum Gasteiger partial charge on any atom is 0.410 e. The molecule has 0 aromatic carbocycles. The van der Waals surface area contributed by atoms with E-state index in [0.717, 1.165) is 0 Å². The third-order valence-electron chi connectivity index (χ3n) is 3.61. The van der Waals surface area contributed by atoms with E-state index in [9.17, 15) is 14.7 Å². The molecule has 0 radical (unpaired) electrons. The zero-order valence-corrected chi connectivity index (χ0v) is 11.2. The van der Waals surface area contributed by atoms with Crippen LogP contribution in [0.15, 0.2) is 0 Å². The van der Waals surface area contributed by atoms with Crippen LogP contribution < -0.4 is 0 Å². The largest absolute Gasteiger partial charge is 0.444 e. The van der Waals surface area contributed by atoms with Gasteiger partial charge in [0, 0.05) is 37.5 Å². The number of aliphatic hydroxyl groups excluding tert-OH is 1. The molecule has 102 valence electrons. The first kappa shape index (κ1) is 13.3. The average Bonchev–Trinajstić information content (AvgIpc) is 2.44. The number of hydrogen-bond acceptors (Lipinski definition) is 4. The molecule has 2 heterocycles. The van der Waals surface area contributed by atoms with Crippen LogP contribution in [-0.2, 0) is 9.53 Å². The van der Waals surface area contributed by atoms with Gasteiger partial charge in [0.25, 0.3) is 0 Å². The van der Waals surface area contributed by atoms with Crippen molar-refractivity contribution in [2.75, 3.05) is 6.61 Å². The lowest BCUT2D eigenvalue weighted by atomic mass is 9.98. The Bertz CT molecular complexity index is 360. The van der Waals surface area contributed by atoms with E-state index in [0.29, 0.717) is 19.3 Å². The molecule has 2 saturated heterocycles. The van der Waals surface area contributed by atoms with E-state index in [1.54, 1.807) is 4.90 Å². The topological polar surface area (TPSA) is 66.8 Å². The normalized spacial score (nSPS) is 31.7. The smallest absolute Gasteiger partial charge is 0.410 e. The molecule has 0 aliphatic carbocycles. The predicted octanol–water partition coefficient (Wildman–Crippen LogP) is 1.34. The van der Waals surface area contributed by atoms with Crippen LogP contribution in [0.3, 0.4) is 0 Å². The number of piperidine rings is 1. The number of aliphatic hydroxyl groups is 1. The van der Waals surface area contributed by atoms with Gasteiger partial charge in [-0.05, 0) is 27.2 Å². The van der Waals surface area contributed by atoms with Crippen molar-refractivity contribution in [2.24, 2.45) is 5.92 Å². The predicted molar refractivity (Wildman–Crippen MR) is 65.1 cm³/mol. The summed E-state index contributed by atoms with van der Waals surface area (Å²) in [5.74, 6) is 0.190. The molecular formula is C13H21NO4. The Hall–Kier alpha value is -1.10. The molecule has 18 heavy (non-hydrogen) atoms. The van der Waals surface area contributed by atoms with Crippen molar-refractivity contribution in [3.8, 4) is 0 Å². The number of hydrogen-bond donors (Lipinski definition) is 1. The third kappa shape index (κ3) is 2.51. The second kappa shape index (κ2) is 4.53. The van der Waals surface area contributed by atoms with Gasteiger partial charge in [0.2, 0.25) is 0 Å². The maximum atomic E-state index is 12.2. The number of Topliss-reactive ketones (excluding diaryl/α,β-unsaturated/α-hetero) is 1. The van der Waals surface area contributed by atoms with Gasteiger partial charge in [0.05, 0.1) is 0 Å². The highest BCUT2D eigenvalue weighted by atomic mass is 16.6. The quantitative estimate of drug-likeness (QED) is 0.767. The molecule has 5 nitrogen and oxygen atoms in total. The number of carbonyl (C=O) groups is 2. The highest BCUT2D eigenvalue weighted by Gasteiger charge is 2.49. The van der Waals surface area contributed by atoms with Crippen LogP contribution in [0.2, 0.25) is 0 Å². The first-order valence-electron chi connectivity index (χ1n) is 6.45. The van der Waals surface area contributed by atoms with Gasteiger partial charge in [-0.1, -0.05) is 0 Å². The van der Waals surface area contributed by atoms with Gasteiger partial charge in [-0.3, -0.25) is 4.79 Å². The summed E-state index contributed by atoms with van der Waals surface area (Å²) in [6, 6.07) is -0.278. The zero-order chi connectivity index (χ0) is 13.5. The van der Waals surface area contributed by atoms with E-state index in [1.807, 2.05) is 20.8 Å². The Balaban J connectivity index is 2.14. The first-order valence-corrected chi connectivity index (χ1v) is 6.45. The van der Waals surface area contributed by atoms with E-state index in [1.165, 1.54) is 0 Å². The molecule has 0 spiro atoms. The second-order valence-electron chi connectivity index (χ2n) is 6.23. The van der Waals surface area contributed by atoms with Gasteiger partial charge in [-0.25, -0.2) is 4.79 Å². The standard InChI is InChI=1S/C13H21NO4/c1-13(2,3)18-12(17)14-9-4-8(7-15)11(14)6-10(16)5-9/h8-9,11,15H,4-7H2,1-3H3. The molecule has 2 fully saturated rings. The summed E-state index contributed by atoms with van der Waals surface area (Å²) in [6.45, 7) is 5.50. The van der Waals surface area contributed by atoms with Gasteiger partial charge in [0.1, 0.15) is 11.4 Å². The van der Waals surface area contributed by atoms with Crippen LogP contribution in [-0.4, -0.2) is 46.2 Å². The highest BCUT2D eigenvalue weighted by Crippen LogP contribution is 2.38. The van der Waals surface area contributed by atoms with Crippen molar-refractivity contribution in [3.63, 3.8) is 0 Å². The number of fused-ring (bicyclic) bond motifs is 2. The monoisotopic (exact) mass is 255 g/mol. The van der Waals surface area contributed by atoms with Crippen molar-refractivity contribution >= 4 is 11.9 Å². The van der Waals surface area contributed by atoms with Crippen LogP contribution in [0, 0.1) is 5.92 Å². The van der Waals surface area contributed by atoms with E-state index < -0.39 is 5.60 Å². The first-order chi connectivity index (χ1) is 8.31. The number of amides is 1. The molecule has 1 N–H and O–H groups in total. The van der Waals surface area contributed by atoms with E-state index in [4.69, 9.17) is 4.74 Å². The summed E-state index contributed by atoms with van der Waals surface area (Å²) in [4.78, 5) is 25.4. The van der Waals surface area contributed by atoms with Gasteiger partial charge >= 0.3 is 6.09 Å². The molecule has 5 heteroatoms. The molecule has 2 aliphatic heterocycles. The van der Waals surface area contributed by atoms with Gasteiger partial charge in [-0.2, -0.15) is 0 Å². The Kier molecular flexibility index (Phi) is 3.36. The second-order valence-corrected chi connectivity index (χ2v) is 6.23. The molecule has 2 rings (SSSR count). The Morgan fingerprint density at radius 2 is 2.11 bits per heavy atom. The fourth-order valence-corrected chi connectivity index (χ4v) is 2.94. The lowest BCUT2D eigenvalue weighted by molar-refractivity contribution is -0.123. The Labute approximate surface area is 107 Å². The van der Waals surface area contributed by atoms with Crippen LogP contribution in [0.1, 0.15) is 40.0 Å². The van der Waals surface area contributed by atoms with Gasteiger partial charge < -0.3 is 14.7 Å². The van der Waals surface area contributed by atoms with Crippen LogP contribution in [0.25, 0.3) is 0 Å². The number of ether oxygens (including phenoxy) is 1. The molecule has 0 aromatic rings. The molecule has 0 saturated carbocycles. The average molecular weight is 255 g/mol. The molecule has 0 aromatic heterocycles. The van der Waals surface area contributed by atoms with E-state index in [-0.39, 0.29) is 36.5 Å². The molecule has 3 unspecified atom stereocenters. The number of nitrogens with zero attached hydrogens (tertiary/aromatic N) is 1. The van der Waals surface area contributed by atoms with E-state index >= 15 is 0 Å².